The number of hydrogen-bond acceptors (Lipinski definition) is 4. The van der Waals surface area contributed by atoms with Crippen LogP contribution in [0.4, 0.5) is 0 Å². The second-order valence-electron chi connectivity index (χ2n) is 4.64. The summed E-state index contributed by atoms with van der Waals surface area (Å²) in [5.74, 6) is 0. The average Bonchev–Trinajstić information content (AvgIpc) is 2.80. The fourth-order valence-corrected chi connectivity index (χ4v) is 2.70. The molecule has 1 aromatic heterocycles. The Hall–Kier alpha value is -0.580. The minimum absolute atomic E-state index is 0. The van der Waals surface area contributed by atoms with Crippen molar-refractivity contribution in [3.8, 4) is 0 Å². The highest BCUT2D eigenvalue weighted by Gasteiger charge is 2.29. The molecule has 2 aliphatic rings. The van der Waals surface area contributed by atoms with Crippen molar-refractivity contribution < 1.29 is 4.42 Å². The molecule has 2 bridgehead atoms. The van der Waals surface area contributed by atoms with Crippen LogP contribution in [-0.4, -0.2) is 35.1 Å². The first-order valence-electron chi connectivity index (χ1n) is 5.75. The number of oxazole rings is 1. The quantitative estimate of drug-likeness (QED) is 0.853. The van der Waals surface area contributed by atoms with Gasteiger partial charge in [-0.25, -0.2) is 4.98 Å². The molecule has 0 spiro atoms. The molecule has 90 valence electrons. The lowest BCUT2D eigenvalue weighted by Gasteiger charge is -2.22. The Morgan fingerprint density at radius 3 is 3.06 bits per heavy atom. The van der Waals surface area contributed by atoms with Gasteiger partial charge in [0.15, 0.2) is 6.39 Å². The van der Waals surface area contributed by atoms with Crippen LogP contribution in [0.25, 0.3) is 0 Å². The highest BCUT2D eigenvalue weighted by molar-refractivity contribution is 5.85. The van der Waals surface area contributed by atoms with E-state index in [0.717, 1.165) is 24.8 Å². The van der Waals surface area contributed by atoms with E-state index in [-0.39, 0.29) is 12.4 Å². The molecule has 2 fully saturated rings. The highest BCUT2D eigenvalue weighted by Crippen LogP contribution is 2.21. The summed E-state index contributed by atoms with van der Waals surface area (Å²) in [5, 5.41) is 3.68. The van der Waals surface area contributed by atoms with E-state index in [1.54, 1.807) is 6.26 Å². The third-order valence-electron chi connectivity index (χ3n) is 3.48. The van der Waals surface area contributed by atoms with Gasteiger partial charge in [-0.05, 0) is 19.3 Å². The summed E-state index contributed by atoms with van der Waals surface area (Å²) in [7, 11) is 0. The summed E-state index contributed by atoms with van der Waals surface area (Å²) in [4.78, 5) is 6.66. The Balaban J connectivity index is 0.000000963. The molecule has 3 rings (SSSR count). The van der Waals surface area contributed by atoms with Crippen molar-refractivity contribution in [3.63, 3.8) is 0 Å². The van der Waals surface area contributed by atoms with Gasteiger partial charge in [0.05, 0.1) is 5.69 Å². The molecular weight excluding hydrogens is 226 g/mol. The van der Waals surface area contributed by atoms with Crippen molar-refractivity contribution in [3.05, 3.63) is 18.4 Å². The topological polar surface area (TPSA) is 41.3 Å². The Bertz CT molecular complexity index is 317. The largest absolute Gasteiger partial charge is 0.451 e. The van der Waals surface area contributed by atoms with Crippen molar-refractivity contribution in [2.24, 2.45) is 0 Å². The molecular formula is C11H18ClN3O. The van der Waals surface area contributed by atoms with Gasteiger partial charge in [0.1, 0.15) is 6.26 Å². The van der Waals surface area contributed by atoms with Crippen molar-refractivity contribution in [2.75, 3.05) is 13.1 Å². The zero-order valence-corrected chi connectivity index (χ0v) is 10.1. The van der Waals surface area contributed by atoms with E-state index in [1.807, 2.05) is 0 Å². The van der Waals surface area contributed by atoms with Crippen molar-refractivity contribution in [2.45, 2.75) is 37.9 Å². The minimum atomic E-state index is 0. The van der Waals surface area contributed by atoms with E-state index >= 15 is 0 Å². The number of aromatic nitrogens is 1. The zero-order valence-electron chi connectivity index (χ0n) is 9.26. The lowest BCUT2D eigenvalue weighted by Crippen LogP contribution is -2.35. The first-order valence-corrected chi connectivity index (χ1v) is 5.75. The van der Waals surface area contributed by atoms with Gasteiger partial charge < -0.3 is 9.73 Å². The SMILES string of the molecule is Cl.c1nc(CN2CCC3CCC(C2)N3)co1. The maximum atomic E-state index is 5.00. The summed E-state index contributed by atoms with van der Waals surface area (Å²) >= 11 is 0. The first kappa shape index (κ1) is 11.9. The summed E-state index contributed by atoms with van der Waals surface area (Å²) in [5.41, 5.74) is 1.05. The van der Waals surface area contributed by atoms with E-state index < -0.39 is 0 Å². The summed E-state index contributed by atoms with van der Waals surface area (Å²) < 4.78 is 5.00. The molecule has 0 amide bonds. The molecule has 3 heterocycles. The van der Waals surface area contributed by atoms with Crippen molar-refractivity contribution in [1.82, 2.24) is 15.2 Å². The Morgan fingerprint density at radius 1 is 1.38 bits per heavy atom. The van der Waals surface area contributed by atoms with Crippen LogP contribution in [-0.2, 0) is 6.54 Å². The third kappa shape index (κ3) is 2.56. The molecule has 1 N–H and O–H groups in total. The van der Waals surface area contributed by atoms with Crippen LogP contribution in [0.15, 0.2) is 17.1 Å². The molecule has 2 atom stereocenters. The predicted octanol–water partition coefficient (Wildman–Crippen LogP) is 1.42. The number of halogens is 1. The summed E-state index contributed by atoms with van der Waals surface area (Å²) in [6.45, 7) is 3.27. The Kier molecular flexibility index (Phi) is 3.84. The van der Waals surface area contributed by atoms with Crippen LogP contribution in [0, 0.1) is 0 Å². The molecule has 0 aliphatic carbocycles. The molecule has 0 aromatic carbocycles. The van der Waals surface area contributed by atoms with Crippen LogP contribution < -0.4 is 5.32 Å². The molecule has 4 nitrogen and oxygen atoms in total. The fraction of sp³-hybridized carbons (Fsp3) is 0.727. The van der Waals surface area contributed by atoms with Gasteiger partial charge in [-0.3, -0.25) is 4.90 Å². The van der Waals surface area contributed by atoms with Crippen LogP contribution in [0.1, 0.15) is 25.0 Å². The van der Waals surface area contributed by atoms with Crippen molar-refractivity contribution in [1.29, 1.82) is 0 Å². The molecule has 2 aliphatic heterocycles. The maximum absolute atomic E-state index is 5.00. The fourth-order valence-electron chi connectivity index (χ4n) is 2.70. The Morgan fingerprint density at radius 2 is 2.25 bits per heavy atom. The highest BCUT2D eigenvalue weighted by atomic mass is 35.5. The van der Waals surface area contributed by atoms with E-state index in [1.165, 1.54) is 32.2 Å². The predicted molar refractivity (Wildman–Crippen MR) is 63.6 cm³/mol. The minimum Gasteiger partial charge on any atom is -0.451 e. The molecule has 2 unspecified atom stereocenters. The number of rotatable bonds is 2. The lowest BCUT2D eigenvalue weighted by atomic mass is 10.1. The molecule has 0 radical (unpaired) electrons. The van der Waals surface area contributed by atoms with E-state index in [2.05, 4.69) is 15.2 Å². The smallest absolute Gasteiger partial charge is 0.180 e. The third-order valence-corrected chi connectivity index (χ3v) is 3.48. The van der Waals surface area contributed by atoms with Gasteiger partial charge in [-0.15, -0.1) is 12.4 Å². The molecule has 1 aromatic rings. The monoisotopic (exact) mass is 243 g/mol. The van der Waals surface area contributed by atoms with Gasteiger partial charge in [-0.1, -0.05) is 0 Å². The van der Waals surface area contributed by atoms with E-state index in [0.29, 0.717) is 6.04 Å². The standard InChI is InChI=1S/C11H17N3O.ClH/c1-2-10-5-14(4-3-9(1)13-10)6-11-7-15-8-12-11;/h7-10,13H,1-6H2;1H. The molecule has 5 heteroatoms. The lowest BCUT2D eigenvalue weighted by molar-refractivity contribution is 0.248. The number of nitrogens with zero attached hydrogens (tertiary/aromatic N) is 2. The average molecular weight is 244 g/mol. The van der Waals surface area contributed by atoms with E-state index in [9.17, 15) is 0 Å². The van der Waals surface area contributed by atoms with Gasteiger partial charge in [-0.2, -0.15) is 0 Å². The van der Waals surface area contributed by atoms with Crippen LogP contribution in [0.3, 0.4) is 0 Å². The second kappa shape index (κ2) is 5.17. The maximum Gasteiger partial charge on any atom is 0.180 e. The van der Waals surface area contributed by atoms with Gasteiger partial charge in [0, 0.05) is 31.7 Å². The van der Waals surface area contributed by atoms with Crippen LogP contribution in [0.5, 0.6) is 0 Å². The normalized spacial score (nSPS) is 29.8. The van der Waals surface area contributed by atoms with E-state index in [4.69, 9.17) is 4.42 Å². The second-order valence-corrected chi connectivity index (χ2v) is 4.64. The van der Waals surface area contributed by atoms with Gasteiger partial charge in [0.25, 0.3) is 0 Å². The number of nitrogens with one attached hydrogen (secondary N) is 1. The number of hydrogen-bond donors (Lipinski definition) is 1. The van der Waals surface area contributed by atoms with Crippen molar-refractivity contribution >= 4 is 12.4 Å². The van der Waals surface area contributed by atoms with Crippen LogP contribution in [0.2, 0.25) is 0 Å². The molecule has 0 saturated carbocycles. The van der Waals surface area contributed by atoms with Crippen LogP contribution >= 0.6 is 12.4 Å². The number of fused-ring (bicyclic) bond motifs is 2. The van der Waals surface area contributed by atoms with Gasteiger partial charge in [0.2, 0.25) is 0 Å². The first-order chi connectivity index (χ1) is 7.40. The molecule has 2 saturated heterocycles. The van der Waals surface area contributed by atoms with Gasteiger partial charge >= 0.3 is 0 Å². The summed E-state index contributed by atoms with van der Waals surface area (Å²) in [6, 6.07) is 1.46. The Labute approximate surface area is 102 Å². The zero-order chi connectivity index (χ0) is 10.1. The summed E-state index contributed by atoms with van der Waals surface area (Å²) in [6.07, 6.45) is 7.23. The molecule has 16 heavy (non-hydrogen) atoms. The number of likely N-dealkylation sites (tertiary alicyclic amines) is 1.